The Morgan fingerprint density at radius 2 is 2.05 bits per heavy atom. The van der Waals surface area contributed by atoms with E-state index in [9.17, 15) is 9.59 Å². The summed E-state index contributed by atoms with van der Waals surface area (Å²) in [6.07, 6.45) is 6.05. The fourth-order valence-electron chi connectivity index (χ4n) is 2.37. The first-order valence-corrected chi connectivity index (χ1v) is 7.10. The van der Waals surface area contributed by atoms with Crippen LogP contribution in [0.5, 0.6) is 0 Å². The second-order valence-electron chi connectivity index (χ2n) is 5.21. The number of unbranched alkanes of at least 4 members (excludes halogenated alkanes) is 1. The van der Waals surface area contributed by atoms with Crippen LogP contribution in [0.15, 0.2) is 0 Å². The summed E-state index contributed by atoms with van der Waals surface area (Å²) in [4.78, 5) is 22.8. The second-order valence-corrected chi connectivity index (χ2v) is 5.21. The van der Waals surface area contributed by atoms with Gasteiger partial charge in [-0.25, -0.2) is 9.59 Å². The molecular formula is C13H25N3O3. The van der Waals surface area contributed by atoms with Crippen LogP contribution in [0.4, 0.5) is 4.79 Å². The highest BCUT2D eigenvalue weighted by atomic mass is 16.4. The van der Waals surface area contributed by atoms with E-state index in [1.165, 1.54) is 0 Å². The minimum atomic E-state index is -0.989. The lowest BCUT2D eigenvalue weighted by atomic mass is 9.91. The molecule has 1 aliphatic rings. The van der Waals surface area contributed by atoms with E-state index >= 15 is 0 Å². The molecule has 2 unspecified atom stereocenters. The minimum absolute atomic E-state index is 0.0292. The third kappa shape index (κ3) is 5.46. The van der Waals surface area contributed by atoms with E-state index in [0.29, 0.717) is 6.42 Å². The van der Waals surface area contributed by atoms with Crippen LogP contribution >= 0.6 is 0 Å². The Bertz CT molecular complexity index is 310. The summed E-state index contributed by atoms with van der Waals surface area (Å²) in [7, 11) is 0. The van der Waals surface area contributed by atoms with Crippen LogP contribution in [0.3, 0.4) is 0 Å². The molecule has 3 atom stereocenters. The molecule has 1 rings (SSSR count). The van der Waals surface area contributed by atoms with Gasteiger partial charge in [0.15, 0.2) is 0 Å². The number of hydrogen-bond acceptors (Lipinski definition) is 3. The normalized spacial score (nSPS) is 24.5. The minimum Gasteiger partial charge on any atom is -0.480 e. The average molecular weight is 271 g/mol. The summed E-state index contributed by atoms with van der Waals surface area (Å²) in [5, 5.41) is 14.3. The molecule has 110 valence electrons. The lowest BCUT2D eigenvalue weighted by Gasteiger charge is -2.29. The summed E-state index contributed by atoms with van der Waals surface area (Å²) in [6.45, 7) is 1.99. The highest BCUT2D eigenvalue weighted by molar-refractivity contribution is 5.82. The molecule has 6 nitrogen and oxygen atoms in total. The number of nitrogens with two attached hydrogens (primary N) is 1. The van der Waals surface area contributed by atoms with Crippen LogP contribution in [0.1, 0.15) is 51.9 Å². The number of aliphatic carboxylic acids is 1. The van der Waals surface area contributed by atoms with Crippen LogP contribution in [0.2, 0.25) is 0 Å². The Morgan fingerprint density at radius 3 is 2.63 bits per heavy atom. The molecule has 0 aromatic rings. The van der Waals surface area contributed by atoms with E-state index in [1.54, 1.807) is 0 Å². The zero-order valence-electron chi connectivity index (χ0n) is 11.5. The Morgan fingerprint density at radius 1 is 1.37 bits per heavy atom. The number of rotatable bonds is 6. The van der Waals surface area contributed by atoms with Crippen molar-refractivity contribution in [1.29, 1.82) is 0 Å². The third-order valence-corrected chi connectivity index (χ3v) is 3.59. The molecule has 1 fully saturated rings. The maximum Gasteiger partial charge on any atom is 0.326 e. The first-order valence-electron chi connectivity index (χ1n) is 7.10. The highest BCUT2D eigenvalue weighted by Gasteiger charge is 2.25. The van der Waals surface area contributed by atoms with Crippen LogP contribution in [-0.4, -0.2) is 35.2 Å². The maximum atomic E-state index is 11.8. The Hall–Kier alpha value is -1.30. The van der Waals surface area contributed by atoms with E-state index in [4.69, 9.17) is 10.8 Å². The van der Waals surface area contributed by atoms with E-state index in [2.05, 4.69) is 10.6 Å². The number of carbonyl (C=O) groups is 2. The molecule has 1 saturated carbocycles. The number of carbonyl (C=O) groups excluding carboxylic acids is 1. The van der Waals surface area contributed by atoms with Crippen molar-refractivity contribution in [2.75, 3.05) is 0 Å². The summed E-state index contributed by atoms with van der Waals surface area (Å²) < 4.78 is 0. The van der Waals surface area contributed by atoms with Crippen LogP contribution in [0.25, 0.3) is 0 Å². The van der Waals surface area contributed by atoms with Crippen molar-refractivity contribution in [3.05, 3.63) is 0 Å². The largest absolute Gasteiger partial charge is 0.480 e. The monoisotopic (exact) mass is 271 g/mol. The number of amides is 2. The molecule has 0 heterocycles. The first-order chi connectivity index (χ1) is 9.04. The number of urea groups is 1. The Kier molecular flexibility index (Phi) is 6.62. The van der Waals surface area contributed by atoms with E-state index in [1.807, 2.05) is 6.92 Å². The van der Waals surface area contributed by atoms with Crippen molar-refractivity contribution < 1.29 is 14.7 Å². The van der Waals surface area contributed by atoms with Gasteiger partial charge >= 0.3 is 12.0 Å². The molecule has 0 aliphatic heterocycles. The number of nitrogens with one attached hydrogen (secondary N) is 2. The molecule has 0 aromatic heterocycles. The van der Waals surface area contributed by atoms with Crippen LogP contribution in [0, 0.1) is 0 Å². The van der Waals surface area contributed by atoms with E-state index in [-0.39, 0.29) is 12.1 Å². The molecule has 5 N–H and O–H groups in total. The molecule has 0 bridgehead atoms. The Labute approximate surface area is 114 Å². The zero-order chi connectivity index (χ0) is 14.3. The fourth-order valence-corrected chi connectivity index (χ4v) is 2.37. The van der Waals surface area contributed by atoms with E-state index in [0.717, 1.165) is 38.5 Å². The van der Waals surface area contributed by atoms with Crippen LogP contribution in [-0.2, 0) is 4.79 Å². The fraction of sp³-hybridized carbons (Fsp3) is 0.846. The highest BCUT2D eigenvalue weighted by Crippen LogP contribution is 2.16. The van der Waals surface area contributed by atoms with Crippen molar-refractivity contribution in [2.24, 2.45) is 5.73 Å². The van der Waals surface area contributed by atoms with Crippen molar-refractivity contribution in [1.82, 2.24) is 10.6 Å². The van der Waals surface area contributed by atoms with Crippen molar-refractivity contribution in [3.8, 4) is 0 Å². The van der Waals surface area contributed by atoms with Gasteiger partial charge in [-0.1, -0.05) is 32.6 Å². The maximum absolute atomic E-state index is 11.8. The topological polar surface area (TPSA) is 104 Å². The zero-order valence-corrected chi connectivity index (χ0v) is 11.5. The van der Waals surface area contributed by atoms with Crippen LogP contribution < -0.4 is 16.4 Å². The molecule has 0 radical (unpaired) electrons. The van der Waals surface area contributed by atoms with Gasteiger partial charge in [0.25, 0.3) is 0 Å². The van der Waals surface area contributed by atoms with Gasteiger partial charge in [-0.05, 0) is 19.3 Å². The van der Waals surface area contributed by atoms with Gasteiger partial charge in [0, 0.05) is 12.1 Å². The van der Waals surface area contributed by atoms with E-state index < -0.39 is 18.0 Å². The summed E-state index contributed by atoms with van der Waals surface area (Å²) in [5.74, 6) is -0.989. The molecule has 1 aliphatic carbocycles. The molecule has 19 heavy (non-hydrogen) atoms. The van der Waals surface area contributed by atoms with Crippen molar-refractivity contribution in [3.63, 3.8) is 0 Å². The van der Waals surface area contributed by atoms with Gasteiger partial charge in [-0.3, -0.25) is 0 Å². The smallest absolute Gasteiger partial charge is 0.326 e. The van der Waals surface area contributed by atoms with Crippen molar-refractivity contribution >= 4 is 12.0 Å². The predicted molar refractivity (Wildman–Crippen MR) is 72.8 cm³/mol. The standard InChI is InChI=1S/C13H25N3O3/c1-2-3-7-11(12(17)18)16-13(19)15-10-8-5-4-6-9(10)14/h9-11H,2-8,14H2,1H3,(H,17,18)(H2,15,16,19)/t9?,10?,11-/m0/s1. The Balaban J connectivity index is 2.40. The molecule has 0 spiro atoms. The van der Waals surface area contributed by atoms with Gasteiger partial charge in [0.1, 0.15) is 6.04 Å². The third-order valence-electron chi connectivity index (χ3n) is 3.59. The molecule has 6 heteroatoms. The summed E-state index contributed by atoms with van der Waals surface area (Å²) in [6, 6.07) is -1.32. The second kappa shape index (κ2) is 7.99. The first kappa shape index (κ1) is 15.8. The van der Waals surface area contributed by atoms with Gasteiger partial charge in [0.05, 0.1) is 0 Å². The van der Waals surface area contributed by atoms with Gasteiger partial charge < -0.3 is 21.5 Å². The van der Waals surface area contributed by atoms with Gasteiger partial charge in [0.2, 0.25) is 0 Å². The van der Waals surface area contributed by atoms with Crippen molar-refractivity contribution in [2.45, 2.75) is 70.0 Å². The predicted octanol–water partition coefficient (Wildman–Crippen LogP) is 1.20. The lowest BCUT2D eigenvalue weighted by molar-refractivity contribution is -0.139. The molecular weight excluding hydrogens is 246 g/mol. The molecule has 2 amide bonds. The molecule has 0 aromatic carbocycles. The van der Waals surface area contributed by atoms with Gasteiger partial charge in [-0.15, -0.1) is 0 Å². The molecule has 0 saturated heterocycles. The summed E-state index contributed by atoms with van der Waals surface area (Å²) >= 11 is 0. The number of carboxylic acid groups (broad SMARTS) is 1. The quantitative estimate of drug-likeness (QED) is 0.582. The number of carboxylic acids is 1. The number of hydrogen-bond donors (Lipinski definition) is 4. The summed E-state index contributed by atoms with van der Waals surface area (Å²) in [5.41, 5.74) is 5.94. The lowest BCUT2D eigenvalue weighted by Crippen LogP contribution is -2.54. The van der Waals surface area contributed by atoms with Gasteiger partial charge in [-0.2, -0.15) is 0 Å². The average Bonchev–Trinajstić information content (AvgIpc) is 2.37. The SMILES string of the molecule is CCCC[C@H](NC(=O)NC1CCCCC1N)C(=O)O.